The maximum absolute atomic E-state index is 3.92. The van der Waals surface area contributed by atoms with E-state index >= 15 is 0 Å². The van der Waals surface area contributed by atoms with Gasteiger partial charge in [-0.1, -0.05) is 18.2 Å². The minimum atomic E-state index is 0.760. The van der Waals surface area contributed by atoms with Crippen LogP contribution in [0.4, 0.5) is 5.69 Å². The Morgan fingerprint density at radius 3 is 3.00 bits per heavy atom. The standard InChI is InChI=1S/C7H6N2/c1-2-4-7-6(3-1)5-8-9-7/h1-4H,5H2. The number of azo groups is 1. The van der Waals surface area contributed by atoms with Gasteiger partial charge in [-0.2, -0.15) is 10.2 Å². The molecule has 2 heteroatoms. The maximum Gasteiger partial charge on any atom is 0.0904 e. The minimum Gasteiger partial charge on any atom is -0.184 e. The van der Waals surface area contributed by atoms with Gasteiger partial charge in [-0.05, 0) is 6.07 Å². The van der Waals surface area contributed by atoms with Crippen molar-refractivity contribution in [3.63, 3.8) is 0 Å². The Hall–Kier alpha value is -1.18. The Morgan fingerprint density at radius 2 is 2.11 bits per heavy atom. The number of nitrogens with zero attached hydrogens (tertiary/aromatic N) is 2. The van der Waals surface area contributed by atoms with E-state index in [1.807, 2.05) is 18.2 Å². The second-order valence-corrected chi connectivity index (χ2v) is 2.03. The van der Waals surface area contributed by atoms with Gasteiger partial charge in [-0.15, -0.1) is 0 Å². The predicted octanol–water partition coefficient (Wildman–Crippen LogP) is 2.28. The zero-order chi connectivity index (χ0) is 6.10. The van der Waals surface area contributed by atoms with Crippen LogP contribution in [0.25, 0.3) is 0 Å². The first-order valence-corrected chi connectivity index (χ1v) is 2.92. The summed E-state index contributed by atoms with van der Waals surface area (Å²) < 4.78 is 0. The largest absolute Gasteiger partial charge is 0.184 e. The Morgan fingerprint density at radius 1 is 1.22 bits per heavy atom. The van der Waals surface area contributed by atoms with Crippen molar-refractivity contribution in [1.29, 1.82) is 0 Å². The Labute approximate surface area is 53.2 Å². The fraction of sp³-hybridized carbons (Fsp3) is 0.143. The third-order valence-electron chi connectivity index (χ3n) is 1.41. The van der Waals surface area contributed by atoms with Crippen LogP contribution in [0.1, 0.15) is 5.56 Å². The lowest BCUT2D eigenvalue weighted by atomic mass is 10.2. The molecule has 1 aliphatic heterocycles. The summed E-state index contributed by atoms with van der Waals surface area (Å²) in [4.78, 5) is 0. The minimum absolute atomic E-state index is 0.760. The smallest absolute Gasteiger partial charge is 0.0904 e. The molecule has 0 N–H and O–H groups in total. The topological polar surface area (TPSA) is 24.7 Å². The van der Waals surface area contributed by atoms with Crippen molar-refractivity contribution < 1.29 is 0 Å². The summed E-state index contributed by atoms with van der Waals surface area (Å²) in [5.41, 5.74) is 2.26. The lowest BCUT2D eigenvalue weighted by Crippen LogP contribution is -1.71. The number of hydrogen-bond donors (Lipinski definition) is 0. The average molecular weight is 118 g/mol. The fourth-order valence-electron chi connectivity index (χ4n) is 0.930. The molecule has 0 bridgehead atoms. The summed E-state index contributed by atoms with van der Waals surface area (Å²) in [6.45, 7) is 0.760. The van der Waals surface area contributed by atoms with Crippen LogP contribution in [0.2, 0.25) is 0 Å². The highest BCUT2D eigenvalue weighted by atomic mass is 15.1. The van der Waals surface area contributed by atoms with Crippen molar-refractivity contribution >= 4 is 5.69 Å². The third-order valence-corrected chi connectivity index (χ3v) is 1.41. The summed E-state index contributed by atoms with van der Waals surface area (Å²) in [6.07, 6.45) is 0. The van der Waals surface area contributed by atoms with Crippen molar-refractivity contribution in [2.45, 2.75) is 6.54 Å². The molecule has 2 nitrogen and oxygen atoms in total. The van der Waals surface area contributed by atoms with Crippen molar-refractivity contribution in [3.8, 4) is 0 Å². The van der Waals surface area contributed by atoms with Gasteiger partial charge in [0.25, 0.3) is 0 Å². The van der Waals surface area contributed by atoms with Crippen LogP contribution in [0.3, 0.4) is 0 Å². The molecule has 0 fully saturated rings. The summed E-state index contributed by atoms with van der Waals surface area (Å²) >= 11 is 0. The summed E-state index contributed by atoms with van der Waals surface area (Å²) in [6, 6.07) is 8.01. The number of hydrogen-bond acceptors (Lipinski definition) is 2. The van der Waals surface area contributed by atoms with E-state index in [9.17, 15) is 0 Å². The van der Waals surface area contributed by atoms with Gasteiger partial charge in [0, 0.05) is 5.56 Å². The van der Waals surface area contributed by atoms with Gasteiger partial charge >= 0.3 is 0 Å². The molecule has 0 saturated carbocycles. The Balaban J connectivity index is 2.63. The van der Waals surface area contributed by atoms with Gasteiger partial charge in [-0.25, -0.2) is 0 Å². The molecule has 0 saturated heterocycles. The molecule has 0 radical (unpaired) electrons. The van der Waals surface area contributed by atoms with E-state index in [2.05, 4.69) is 16.3 Å². The van der Waals surface area contributed by atoms with Crippen LogP contribution in [0.15, 0.2) is 34.5 Å². The highest BCUT2D eigenvalue weighted by Gasteiger charge is 2.03. The molecule has 44 valence electrons. The second kappa shape index (κ2) is 1.65. The molecule has 1 aliphatic rings. The van der Waals surface area contributed by atoms with Gasteiger partial charge in [0.2, 0.25) is 0 Å². The quantitative estimate of drug-likeness (QED) is 0.499. The fourth-order valence-corrected chi connectivity index (χ4v) is 0.930. The van der Waals surface area contributed by atoms with Crippen molar-refractivity contribution in [1.82, 2.24) is 0 Å². The van der Waals surface area contributed by atoms with Crippen molar-refractivity contribution in [2.75, 3.05) is 0 Å². The summed E-state index contributed by atoms with van der Waals surface area (Å²) in [5, 5.41) is 7.80. The zero-order valence-corrected chi connectivity index (χ0v) is 4.91. The van der Waals surface area contributed by atoms with Crippen LogP contribution in [0, 0.1) is 0 Å². The molecule has 1 aromatic rings. The van der Waals surface area contributed by atoms with Crippen LogP contribution in [0.5, 0.6) is 0 Å². The SMILES string of the molecule is c1ccc2c(c1)CN=N2. The summed E-state index contributed by atoms with van der Waals surface area (Å²) in [5.74, 6) is 0. The van der Waals surface area contributed by atoms with E-state index in [4.69, 9.17) is 0 Å². The lowest BCUT2D eigenvalue weighted by Gasteiger charge is -1.88. The zero-order valence-electron chi connectivity index (χ0n) is 4.91. The molecular weight excluding hydrogens is 112 g/mol. The molecule has 9 heavy (non-hydrogen) atoms. The molecule has 1 heterocycles. The van der Waals surface area contributed by atoms with Crippen LogP contribution >= 0.6 is 0 Å². The first kappa shape index (κ1) is 4.68. The van der Waals surface area contributed by atoms with E-state index in [1.165, 1.54) is 5.56 Å². The van der Waals surface area contributed by atoms with Gasteiger partial charge < -0.3 is 0 Å². The predicted molar refractivity (Wildman–Crippen MR) is 34.7 cm³/mol. The van der Waals surface area contributed by atoms with Gasteiger partial charge in [0.05, 0.1) is 12.2 Å². The van der Waals surface area contributed by atoms with Crippen molar-refractivity contribution in [2.24, 2.45) is 10.2 Å². The number of fused-ring (bicyclic) bond motifs is 1. The third kappa shape index (κ3) is 0.633. The average Bonchev–Trinajstić information content (AvgIpc) is 2.33. The first-order chi connectivity index (χ1) is 4.47. The van der Waals surface area contributed by atoms with Gasteiger partial charge in [0.15, 0.2) is 0 Å². The Bertz CT molecular complexity index is 253. The molecule has 0 aromatic heterocycles. The molecule has 0 spiro atoms. The van der Waals surface area contributed by atoms with Gasteiger partial charge in [-0.3, -0.25) is 0 Å². The molecule has 0 atom stereocenters. The van der Waals surface area contributed by atoms with Crippen LogP contribution in [-0.2, 0) is 6.54 Å². The molecule has 0 unspecified atom stereocenters. The van der Waals surface area contributed by atoms with E-state index in [0.717, 1.165) is 12.2 Å². The van der Waals surface area contributed by atoms with Crippen LogP contribution < -0.4 is 0 Å². The highest BCUT2D eigenvalue weighted by molar-refractivity contribution is 5.46. The lowest BCUT2D eigenvalue weighted by molar-refractivity contribution is 1.04. The molecule has 0 aliphatic carbocycles. The second-order valence-electron chi connectivity index (χ2n) is 2.03. The monoisotopic (exact) mass is 118 g/mol. The molecular formula is C7H6N2. The summed E-state index contributed by atoms with van der Waals surface area (Å²) in [7, 11) is 0. The molecule has 1 aromatic carbocycles. The van der Waals surface area contributed by atoms with E-state index in [0.29, 0.717) is 0 Å². The van der Waals surface area contributed by atoms with Crippen LogP contribution in [-0.4, -0.2) is 0 Å². The first-order valence-electron chi connectivity index (χ1n) is 2.92. The van der Waals surface area contributed by atoms with Crippen molar-refractivity contribution in [3.05, 3.63) is 29.8 Å². The maximum atomic E-state index is 3.92. The normalized spacial score (nSPS) is 13.8. The van der Waals surface area contributed by atoms with E-state index < -0.39 is 0 Å². The highest BCUT2D eigenvalue weighted by Crippen LogP contribution is 2.24. The number of rotatable bonds is 0. The van der Waals surface area contributed by atoms with E-state index in [-0.39, 0.29) is 0 Å². The number of benzene rings is 1. The molecule has 2 rings (SSSR count). The van der Waals surface area contributed by atoms with E-state index in [1.54, 1.807) is 0 Å². The molecule has 0 amide bonds. The van der Waals surface area contributed by atoms with Gasteiger partial charge in [0.1, 0.15) is 0 Å². The Kier molecular flexibility index (Phi) is 0.859.